The Kier molecular flexibility index (Phi) is 9.29. The lowest BCUT2D eigenvalue weighted by molar-refractivity contribution is -0.0641. The molecule has 0 fully saturated rings. The average molecular weight is 419 g/mol. The zero-order chi connectivity index (χ0) is 21.8. The Morgan fingerprint density at radius 2 is 1.16 bits per heavy atom. The fraction of sp³-hybridized carbons (Fsp3) is 0.357. The number of unbranched alkanes of at least 4 members (excludes halogenated alkanes) is 3. The summed E-state index contributed by atoms with van der Waals surface area (Å²) in [4.78, 5) is 0. The summed E-state index contributed by atoms with van der Waals surface area (Å²) < 4.78 is 12.3. The maximum absolute atomic E-state index is 10.6. The minimum atomic E-state index is -0.814. The summed E-state index contributed by atoms with van der Waals surface area (Å²) in [7, 11) is 0. The van der Waals surface area contributed by atoms with E-state index in [4.69, 9.17) is 9.47 Å². The molecule has 0 radical (unpaired) electrons. The Morgan fingerprint density at radius 1 is 0.677 bits per heavy atom. The maximum atomic E-state index is 10.6. The first-order valence-electron chi connectivity index (χ1n) is 11.3. The van der Waals surface area contributed by atoms with Crippen LogP contribution in [0.2, 0.25) is 0 Å². The van der Waals surface area contributed by atoms with Crippen LogP contribution in [0.5, 0.6) is 0 Å². The van der Waals surface area contributed by atoms with Crippen LogP contribution in [0.1, 0.15) is 49.3 Å². The van der Waals surface area contributed by atoms with Gasteiger partial charge in [0.15, 0.2) is 0 Å². The molecule has 0 aromatic heterocycles. The van der Waals surface area contributed by atoms with Crippen LogP contribution in [0.4, 0.5) is 0 Å². The van der Waals surface area contributed by atoms with Crippen molar-refractivity contribution >= 4 is 0 Å². The molecule has 31 heavy (non-hydrogen) atoms. The summed E-state index contributed by atoms with van der Waals surface area (Å²) in [6.45, 7) is 3.33. The van der Waals surface area contributed by atoms with Crippen molar-refractivity contribution in [2.75, 3.05) is 19.8 Å². The summed E-state index contributed by atoms with van der Waals surface area (Å²) in [5.41, 5.74) is 2.27. The second-order valence-electron chi connectivity index (χ2n) is 7.88. The Balaban J connectivity index is 1.81. The van der Waals surface area contributed by atoms with Crippen LogP contribution in [-0.2, 0) is 15.1 Å². The lowest BCUT2D eigenvalue weighted by Crippen LogP contribution is -2.36. The van der Waals surface area contributed by atoms with Gasteiger partial charge in [0.25, 0.3) is 0 Å². The molecule has 0 heterocycles. The highest BCUT2D eigenvalue weighted by molar-refractivity contribution is 5.47. The maximum Gasteiger partial charge on any atom is 0.143 e. The van der Waals surface area contributed by atoms with Crippen LogP contribution in [-0.4, -0.2) is 31.0 Å². The molecule has 3 heteroatoms. The van der Waals surface area contributed by atoms with Crippen molar-refractivity contribution in [2.24, 2.45) is 0 Å². The first-order valence-corrected chi connectivity index (χ1v) is 11.3. The second-order valence-corrected chi connectivity index (χ2v) is 7.88. The van der Waals surface area contributed by atoms with E-state index in [0.29, 0.717) is 6.61 Å². The smallest absolute Gasteiger partial charge is 0.143 e. The molecule has 164 valence electrons. The predicted octanol–water partition coefficient (Wildman–Crippen LogP) is 5.95. The molecule has 1 unspecified atom stereocenters. The fourth-order valence-corrected chi connectivity index (χ4v) is 3.89. The van der Waals surface area contributed by atoms with E-state index in [1.165, 1.54) is 19.3 Å². The molecule has 0 amide bonds. The van der Waals surface area contributed by atoms with Crippen molar-refractivity contribution < 1.29 is 14.6 Å². The summed E-state index contributed by atoms with van der Waals surface area (Å²) >= 11 is 0. The van der Waals surface area contributed by atoms with Gasteiger partial charge in [0.05, 0.1) is 13.2 Å². The van der Waals surface area contributed by atoms with Crippen molar-refractivity contribution in [1.29, 1.82) is 0 Å². The Hall–Kier alpha value is -2.46. The molecule has 1 atom stereocenters. The Bertz CT molecular complexity index is 753. The van der Waals surface area contributed by atoms with E-state index in [2.05, 4.69) is 43.3 Å². The van der Waals surface area contributed by atoms with Gasteiger partial charge >= 0.3 is 0 Å². The standard InChI is InChI=1S/C28H34O3/c1-2-3-4-14-21-30-22-27(29)23-31-28(24-15-8-5-9-16-24,25-17-10-6-11-18-25)26-19-12-7-13-20-26/h5-13,15-20,27,29H,2-4,14,21-23H2,1H3. The zero-order valence-corrected chi connectivity index (χ0v) is 18.5. The first-order chi connectivity index (χ1) is 15.3. The molecule has 1 N–H and O–H groups in total. The predicted molar refractivity (Wildman–Crippen MR) is 126 cm³/mol. The van der Waals surface area contributed by atoms with Gasteiger partial charge in [-0.15, -0.1) is 0 Å². The fourth-order valence-electron chi connectivity index (χ4n) is 3.89. The highest BCUT2D eigenvalue weighted by Crippen LogP contribution is 2.40. The van der Waals surface area contributed by atoms with Crippen molar-refractivity contribution in [3.8, 4) is 0 Å². The van der Waals surface area contributed by atoms with Crippen LogP contribution in [0.25, 0.3) is 0 Å². The summed E-state index contributed by atoms with van der Waals surface area (Å²) in [6, 6.07) is 30.6. The van der Waals surface area contributed by atoms with Crippen LogP contribution in [0.3, 0.4) is 0 Å². The monoisotopic (exact) mass is 418 g/mol. The molecular formula is C28H34O3. The van der Waals surface area contributed by atoms with Gasteiger partial charge in [0, 0.05) is 6.61 Å². The summed E-state index contributed by atoms with van der Waals surface area (Å²) in [5, 5.41) is 10.6. The molecule has 0 saturated heterocycles. The first kappa shape index (κ1) is 23.2. The second kappa shape index (κ2) is 12.4. The minimum Gasteiger partial charge on any atom is -0.388 e. The SMILES string of the molecule is CCCCCCOCC(O)COC(c1ccccc1)(c1ccccc1)c1ccccc1. The van der Waals surface area contributed by atoms with Crippen molar-refractivity contribution in [3.05, 3.63) is 108 Å². The Morgan fingerprint density at radius 3 is 1.61 bits per heavy atom. The number of aliphatic hydroxyl groups is 1. The van der Waals surface area contributed by atoms with Gasteiger partial charge in [-0.05, 0) is 23.1 Å². The van der Waals surface area contributed by atoms with Gasteiger partial charge in [-0.2, -0.15) is 0 Å². The lowest BCUT2D eigenvalue weighted by Gasteiger charge is -2.36. The number of rotatable bonds is 13. The van der Waals surface area contributed by atoms with Crippen LogP contribution >= 0.6 is 0 Å². The molecule has 0 bridgehead atoms. The number of aliphatic hydroxyl groups excluding tert-OH is 1. The van der Waals surface area contributed by atoms with Crippen molar-refractivity contribution in [1.82, 2.24) is 0 Å². The minimum absolute atomic E-state index is 0.174. The highest BCUT2D eigenvalue weighted by atomic mass is 16.5. The zero-order valence-electron chi connectivity index (χ0n) is 18.5. The van der Waals surface area contributed by atoms with Gasteiger partial charge in [-0.1, -0.05) is 117 Å². The average Bonchev–Trinajstić information content (AvgIpc) is 2.84. The lowest BCUT2D eigenvalue weighted by atomic mass is 9.80. The van der Waals surface area contributed by atoms with E-state index in [-0.39, 0.29) is 13.2 Å². The van der Waals surface area contributed by atoms with E-state index in [0.717, 1.165) is 23.1 Å². The molecule has 3 rings (SSSR count). The van der Waals surface area contributed by atoms with Gasteiger partial charge in [-0.3, -0.25) is 0 Å². The quantitative estimate of drug-likeness (QED) is 0.275. The number of hydrogen-bond donors (Lipinski definition) is 1. The number of hydrogen-bond acceptors (Lipinski definition) is 3. The molecule has 3 aromatic carbocycles. The van der Waals surface area contributed by atoms with Crippen LogP contribution in [0, 0.1) is 0 Å². The van der Waals surface area contributed by atoms with Crippen LogP contribution in [0.15, 0.2) is 91.0 Å². The van der Waals surface area contributed by atoms with E-state index in [1.807, 2.05) is 54.6 Å². The molecule has 0 aliphatic heterocycles. The Labute approximate surface area is 186 Å². The number of ether oxygens (including phenoxy) is 2. The molecule has 3 aromatic rings. The third kappa shape index (κ3) is 6.27. The third-order valence-electron chi connectivity index (χ3n) is 5.49. The van der Waals surface area contributed by atoms with Gasteiger partial charge in [0.2, 0.25) is 0 Å². The molecule has 0 aliphatic rings. The van der Waals surface area contributed by atoms with Gasteiger partial charge < -0.3 is 14.6 Å². The van der Waals surface area contributed by atoms with Gasteiger partial charge in [0.1, 0.15) is 11.7 Å². The van der Waals surface area contributed by atoms with Gasteiger partial charge in [-0.25, -0.2) is 0 Å². The molecule has 0 spiro atoms. The van der Waals surface area contributed by atoms with E-state index in [1.54, 1.807) is 0 Å². The molecular weight excluding hydrogens is 384 g/mol. The largest absolute Gasteiger partial charge is 0.388 e. The third-order valence-corrected chi connectivity index (χ3v) is 5.49. The molecule has 0 saturated carbocycles. The highest BCUT2D eigenvalue weighted by Gasteiger charge is 2.37. The number of benzene rings is 3. The topological polar surface area (TPSA) is 38.7 Å². The molecule has 3 nitrogen and oxygen atoms in total. The normalized spacial score (nSPS) is 12.6. The van der Waals surface area contributed by atoms with E-state index < -0.39 is 11.7 Å². The summed E-state index contributed by atoms with van der Waals surface area (Å²) in [5.74, 6) is 0. The van der Waals surface area contributed by atoms with Crippen molar-refractivity contribution in [3.63, 3.8) is 0 Å². The van der Waals surface area contributed by atoms with Crippen molar-refractivity contribution in [2.45, 2.75) is 44.3 Å². The van der Waals surface area contributed by atoms with E-state index in [9.17, 15) is 5.11 Å². The van der Waals surface area contributed by atoms with E-state index >= 15 is 0 Å². The molecule has 0 aliphatic carbocycles. The summed E-state index contributed by atoms with van der Waals surface area (Å²) in [6.07, 6.45) is 3.94. The van der Waals surface area contributed by atoms with Crippen LogP contribution < -0.4 is 0 Å².